The van der Waals surface area contributed by atoms with Crippen LogP contribution in [0.2, 0.25) is 0 Å². The van der Waals surface area contributed by atoms with Gasteiger partial charge in [0.2, 0.25) is 10.0 Å². The first-order chi connectivity index (χ1) is 5.82. The summed E-state index contributed by atoms with van der Waals surface area (Å²) in [5.41, 5.74) is 4.98. The van der Waals surface area contributed by atoms with E-state index < -0.39 is 15.9 Å². The van der Waals surface area contributed by atoms with E-state index in [1.165, 1.54) is 6.07 Å². The first-order valence-electron chi connectivity index (χ1n) is 3.25. The normalized spacial score (nSPS) is 11.5. The molecule has 5 nitrogen and oxygen atoms in total. The van der Waals surface area contributed by atoms with Crippen LogP contribution in [0.3, 0.4) is 0 Å². The Labute approximate surface area is 79.4 Å². The molecule has 4 N–H and O–H groups in total. The summed E-state index contributed by atoms with van der Waals surface area (Å²) in [5, 5.41) is 4.90. The smallest absolute Gasteiger partial charge is 0.258 e. The highest BCUT2D eigenvalue weighted by Crippen LogP contribution is 2.23. The fraction of sp³-hybridized carbons (Fsp3) is 0.167. The number of sulfonamides is 1. The third-order valence-electron chi connectivity index (χ3n) is 1.42. The molecule has 0 saturated carbocycles. The molecule has 1 aromatic heterocycles. The van der Waals surface area contributed by atoms with Gasteiger partial charge in [0.1, 0.15) is 0 Å². The van der Waals surface area contributed by atoms with Crippen LogP contribution in [0.15, 0.2) is 11.0 Å². The summed E-state index contributed by atoms with van der Waals surface area (Å²) in [6, 6.07) is 1.19. The number of primary sulfonamides is 1. The van der Waals surface area contributed by atoms with E-state index in [1.807, 2.05) is 0 Å². The van der Waals surface area contributed by atoms with Crippen molar-refractivity contribution in [3.8, 4) is 0 Å². The average Bonchev–Trinajstić information content (AvgIpc) is 2.29. The van der Waals surface area contributed by atoms with Crippen molar-refractivity contribution in [2.75, 3.05) is 0 Å². The summed E-state index contributed by atoms with van der Waals surface area (Å²) in [7, 11) is -3.74. The maximum absolute atomic E-state index is 10.9. The number of carbonyl (C=O) groups is 1. The van der Waals surface area contributed by atoms with Gasteiger partial charge in [0.15, 0.2) is 0 Å². The molecule has 1 aromatic rings. The van der Waals surface area contributed by atoms with Crippen molar-refractivity contribution < 1.29 is 13.2 Å². The van der Waals surface area contributed by atoms with Crippen LogP contribution in [0.4, 0.5) is 0 Å². The number of thiophene rings is 1. The van der Waals surface area contributed by atoms with Crippen LogP contribution in [0, 0.1) is 6.92 Å². The summed E-state index contributed by atoms with van der Waals surface area (Å²) in [4.78, 5) is 11.3. The maximum Gasteiger partial charge on any atom is 0.258 e. The lowest BCUT2D eigenvalue weighted by Gasteiger charge is -1.92. The number of carbonyl (C=O) groups excluding carboxylic acids is 1. The minimum absolute atomic E-state index is 0.0358. The maximum atomic E-state index is 10.9. The van der Waals surface area contributed by atoms with Gasteiger partial charge in [0.25, 0.3) is 5.91 Å². The number of rotatable bonds is 2. The summed E-state index contributed by atoms with van der Waals surface area (Å²) < 4.78 is 21.8. The standard InChI is InChI=1S/C6H8N2O3S2/c1-3-5(13(8,10)11)2-4(12-3)6(7)9/h2H,1H3,(H2,7,9)(H2,8,10,11). The van der Waals surface area contributed by atoms with Crippen LogP contribution in [0.1, 0.15) is 14.5 Å². The SMILES string of the molecule is Cc1sc(C(N)=O)cc1S(N)(=O)=O. The number of hydrogen-bond donors (Lipinski definition) is 2. The van der Waals surface area contributed by atoms with Crippen LogP contribution in [0.5, 0.6) is 0 Å². The minimum atomic E-state index is -3.74. The molecular weight excluding hydrogens is 212 g/mol. The highest BCUT2D eigenvalue weighted by atomic mass is 32.2. The Kier molecular flexibility index (Phi) is 2.42. The van der Waals surface area contributed by atoms with Gasteiger partial charge in [-0.1, -0.05) is 0 Å². The summed E-state index contributed by atoms with van der Waals surface area (Å²) in [5.74, 6) is -0.650. The predicted octanol–water partition coefficient (Wildman–Crippen LogP) is -0.197. The largest absolute Gasteiger partial charge is 0.365 e. The molecule has 0 saturated heterocycles. The van der Waals surface area contributed by atoms with Crippen molar-refractivity contribution in [3.63, 3.8) is 0 Å². The first kappa shape index (κ1) is 10.2. The lowest BCUT2D eigenvalue weighted by molar-refractivity contribution is 0.100. The molecule has 0 unspecified atom stereocenters. The average molecular weight is 220 g/mol. The van der Waals surface area contributed by atoms with Crippen LogP contribution in [0.25, 0.3) is 0 Å². The summed E-state index contributed by atoms with van der Waals surface area (Å²) >= 11 is 1.02. The van der Waals surface area contributed by atoms with Gasteiger partial charge < -0.3 is 5.73 Å². The van der Waals surface area contributed by atoms with Crippen LogP contribution in [-0.2, 0) is 10.0 Å². The lowest BCUT2D eigenvalue weighted by atomic mass is 10.4. The van der Waals surface area contributed by atoms with Crippen molar-refractivity contribution in [2.45, 2.75) is 11.8 Å². The van der Waals surface area contributed by atoms with E-state index >= 15 is 0 Å². The zero-order valence-corrected chi connectivity index (χ0v) is 8.41. The number of amides is 1. The second kappa shape index (κ2) is 3.09. The van der Waals surface area contributed by atoms with E-state index in [0.717, 1.165) is 11.3 Å². The quantitative estimate of drug-likeness (QED) is 0.721. The molecule has 1 amide bonds. The van der Waals surface area contributed by atoms with E-state index in [9.17, 15) is 13.2 Å². The molecule has 0 aliphatic rings. The van der Waals surface area contributed by atoms with Gasteiger partial charge in [-0.25, -0.2) is 13.6 Å². The highest BCUT2D eigenvalue weighted by Gasteiger charge is 2.17. The van der Waals surface area contributed by atoms with Gasteiger partial charge in [-0.05, 0) is 13.0 Å². The monoisotopic (exact) mass is 220 g/mol. The topological polar surface area (TPSA) is 103 Å². The first-order valence-corrected chi connectivity index (χ1v) is 5.61. The van der Waals surface area contributed by atoms with Gasteiger partial charge in [-0.3, -0.25) is 4.79 Å². The van der Waals surface area contributed by atoms with Crippen molar-refractivity contribution >= 4 is 27.3 Å². The van der Waals surface area contributed by atoms with E-state index in [2.05, 4.69) is 0 Å². The summed E-state index contributed by atoms with van der Waals surface area (Å²) in [6.45, 7) is 1.57. The van der Waals surface area contributed by atoms with Crippen LogP contribution >= 0.6 is 11.3 Å². The second-order valence-corrected chi connectivity index (χ2v) is 5.23. The molecule has 0 aliphatic carbocycles. The van der Waals surface area contributed by atoms with Gasteiger partial charge in [0.05, 0.1) is 9.77 Å². The van der Waals surface area contributed by atoms with Crippen LogP contribution < -0.4 is 10.9 Å². The van der Waals surface area contributed by atoms with Crippen molar-refractivity contribution in [1.82, 2.24) is 0 Å². The highest BCUT2D eigenvalue weighted by molar-refractivity contribution is 7.89. The molecule has 7 heteroatoms. The van der Waals surface area contributed by atoms with E-state index in [-0.39, 0.29) is 9.77 Å². The minimum Gasteiger partial charge on any atom is -0.365 e. The number of primary amides is 1. The van der Waals surface area contributed by atoms with Crippen molar-refractivity contribution in [3.05, 3.63) is 15.8 Å². The van der Waals surface area contributed by atoms with E-state index in [4.69, 9.17) is 10.9 Å². The lowest BCUT2D eigenvalue weighted by Crippen LogP contribution is -2.12. The Morgan fingerprint density at radius 1 is 1.54 bits per heavy atom. The molecule has 0 aromatic carbocycles. The van der Waals surface area contributed by atoms with Crippen molar-refractivity contribution in [2.24, 2.45) is 10.9 Å². The fourth-order valence-corrected chi connectivity index (χ4v) is 2.87. The van der Waals surface area contributed by atoms with Crippen LogP contribution in [-0.4, -0.2) is 14.3 Å². The number of aryl methyl sites for hydroxylation is 1. The molecule has 1 heterocycles. The zero-order valence-electron chi connectivity index (χ0n) is 6.77. The van der Waals surface area contributed by atoms with Gasteiger partial charge in [-0.15, -0.1) is 11.3 Å². The molecule has 13 heavy (non-hydrogen) atoms. The third-order valence-corrected chi connectivity index (χ3v) is 3.65. The molecule has 0 atom stereocenters. The Hall–Kier alpha value is -0.920. The molecule has 0 aliphatic heterocycles. The fourth-order valence-electron chi connectivity index (χ4n) is 0.869. The molecule has 1 rings (SSSR count). The van der Waals surface area contributed by atoms with Crippen molar-refractivity contribution in [1.29, 1.82) is 0 Å². The third kappa shape index (κ3) is 2.06. The van der Waals surface area contributed by atoms with Gasteiger partial charge in [0, 0.05) is 4.88 Å². The number of nitrogens with two attached hydrogens (primary N) is 2. The Morgan fingerprint density at radius 2 is 2.08 bits per heavy atom. The van der Waals surface area contributed by atoms with Gasteiger partial charge in [-0.2, -0.15) is 0 Å². The predicted molar refractivity (Wildman–Crippen MR) is 48.9 cm³/mol. The van der Waals surface area contributed by atoms with E-state index in [1.54, 1.807) is 6.92 Å². The van der Waals surface area contributed by atoms with Gasteiger partial charge >= 0.3 is 0 Å². The molecule has 0 fully saturated rings. The number of hydrogen-bond acceptors (Lipinski definition) is 4. The summed E-state index contributed by atoms with van der Waals surface area (Å²) in [6.07, 6.45) is 0. The zero-order chi connectivity index (χ0) is 10.2. The molecule has 0 bridgehead atoms. The van der Waals surface area contributed by atoms with E-state index in [0.29, 0.717) is 4.88 Å². The molecule has 0 radical (unpaired) electrons. The Morgan fingerprint density at radius 3 is 2.31 bits per heavy atom. The molecule has 72 valence electrons. The Balaban J connectivity index is 3.35. The Bertz CT molecular complexity index is 446. The molecular formula is C6H8N2O3S2. The second-order valence-electron chi connectivity index (χ2n) is 2.44. The molecule has 0 spiro atoms.